The SMILES string of the molecule is CCCCCCC(C)OC(C)(C)CI. The molecule has 1 atom stereocenters. The van der Waals surface area contributed by atoms with Gasteiger partial charge in [0.15, 0.2) is 0 Å². The largest absolute Gasteiger partial charge is 0.372 e. The van der Waals surface area contributed by atoms with Gasteiger partial charge < -0.3 is 4.74 Å². The molecular weight excluding hydrogens is 287 g/mol. The van der Waals surface area contributed by atoms with Crippen molar-refractivity contribution in [2.45, 2.75) is 71.5 Å². The van der Waals surface area contributed by atoms with Gasteiger partial charge in [-0.05, 0) is 27.2 Å². The van der Waals surface area contributed by atoms with Crippen LogP contribution in [0.4, 0.5) is 0 Å². The minimum absolute atomic E-state index is 0.0464. The number of rotatable bonds is 8. The third-order valence-electron chi connectivity index (χ3n) is 2.31. The summed E-state index contributed by atoms with van der Waals surface area (Å²) in [6, 6.07) is 0. The number of hydrogen-bond donors (Lipinski definition) is 0. The molecule has 86 valence electrons. The van der Waals surface area contributed by atoms with E-state index in [4.69, 9.17) is 4.74 Å². The maximum atomic E-state index is 5.96. The van der Waals surface area contributed by atoms with E-state index < -0.39 is 0 Å². The minimum atomic E-state index is 0.0464. The second kappa shape index (κ2) is 7.91. The molecule has 0 saturated heterocycles. The summed E-state index contributed by atoms with van der Waals surface area (Å²) in [6.45, 7) is 8.78. The van der Waals surface area contributed by atoms with Gasteiger partial charge in [-0.25, -0.2) is 0 Å². The standard InChI is InChI=1S/C12H25IO/c1-5-6-7-8-9-11(2)14-12(3,4)10-13/h11H,5-10H2,1-4H3. The van der Waals surface area contributed by atoms with Crippen molar-refractivity contribution in [3.8, 4) is 0 Å². The van der Waals surface area contributed by atoms with Crippen LogP contribution in [0.2, 0.25) is 0 Å². The van der Waals surface area contributed by atoms with Gasteiger partial charge in [0.05, 0.1) is 11.7 Å². The monoisotopic (exact) mass is 312 g/mol. The Hall–Kier alpha value is 0.690. The summed E-state index contributed by atoms with van der Waals surface area (Å²) in [7, 11) is 0. The molecule has 0 rings (SSSR count). The fourth-order valence-electron chi connectivity index (χ4n) is 1.49. The summed E-state index contributed by atoms with van der Waals surface area (Å²) in [6.07, 6.45) is 6.97. The van der Waals surface area contributed by atoms with E-state index in [1.165, 1.54) is 32.1 Å². The summed E-state index contributed by atoms with van der Waals surface area (Å²) in [5, 5.41) is 0. The van der Waals surface area contributed by atoms with E-state index in [1.54, 1.807) is 0 Å². The quantitative estimate of drug-likeness (QED) is 0.362. The zero-order valence-corrected chi connectivity index (χ0v) is 12.3. The van der Waals surface area contributed by atoms with E-state index in [0.717, 1.165) is 4.43 Å². The molecule has 0 fully saturated rings. The van der Waals surface area contributed by atoms with Crippen LogP contribution in [-0.4, -0.2) is 16.1 Å². The molecule has 0 radical (unpaired) electrons. The van der Waals surface area contributed by atoms with Gasteiger partial charge >= 0.3 is 0 Å². The first-order chi connectivity index (χ1) is 6.52. The molecule has 0 N–H and O–H groups in total. The van der Waals surface area contributed by atoms with Crippen LogP contribution in [0.3, 0.4) is 0 Å². The van der Waals surface area contributed by atoms with Crippen molar-refractivity contribution in [1.82, 2.24) is 0 Å². The predicted octanol–water partition coefficient (Wildman–Crippen LogP) is 4.58. The van der Waals surface area contributed by atoms with Crippen molar-refractivity contribution >= 4 is 22.6 Å². The van der Waals surface area contributed by atoms with Crippen LogP contribution in [0.25, 0.3) is 0 Å². The molecule has 0 aromatic heterocycles. The Balaban J connectivity index is 3.49. The van der Waals surface area contributed by atoms with Crippen LogP contribution in [0, 0.1) is 0 Å². The highest BCUT2D eigenvalue weighted by Gasteiger charge is 2.19. The molecule has 0 aliphatic rings. The van der Waals surface area contributed by atoms with Crippen molar-refractivity contribution < 1.29 is 4.74 Å². The average Bonchev–Trinajstić information content (AvgIpc) is 2.12. The third-order valence-corrected chi connectivity index (χ3v) is 4.14. The maximum absolute atomic E-state index is 5.96. The zero-order chi connectivity index (χ0) is 11.0. The van der Waals surface area contributed by atoms with Crippen LogP contribution in [0.1, 0.15) is 59.8 Å². The average molecular weight is 312 g/mol. The normalized spacial score (nSPS) is 14.4. The molecule has 0 spiro atoms. The number of ether oxygens (including phenoxy) is 1. The van der Waals surface area contributed by atoms with Crippen LogP contribution < -0.4 is 0 Å². The fourth-order valence-corrected chi connectivity index (χ4v) is 1.67. The van der Waals surface area contributed by atoms with Crippen LogP contribution >= 0.6 is 22.6 Å². The summed E-state index contributed by atoms with van der Waals surface area (Å²) in [5.74, 6) is 0. The Kier molecular flexibility index (Phi) is 8.30. The molecule has 0 aliphatic heterocycles. The Bertz CT molecular complexity index is 134. The van der Waals surface area contributed by atoms with Gasteiger partial charge in [0.2, 0.25) is 0 Å². The van der Waals surface area contributed by atoms with Crippen molar-refractivity contribution in [1.29, 1.82) is 0 Å². The van der Waals surface area contributed by atoms with E-state index in [9.17, 15) is 0 Å². The Labute approximate surface area is 103 Å². The van der Waals surface area contributed by atoms with E-state index in [2.05, 4.69) is 50.3 Å². The highest BCUT2D eigenvalue weighted by atomic mass is 127. The van der Waals surface area contributed by atoms with Crippen molar-refractivity contribution in [2.24, 2.45) is 0 Å². The lowest BCUT2D eigenvalue weighted by Crippen LogP contribution is -2.30. The lowest BCUT2D eigenvalue weighted by Gasteiger charge is -2.27. The van der Waals surface area contributed by atoms with Crippen LogP contribution in [-0.2, 0) is 4.74 Å². The molecular formula is C12H25IO. The lowest BCUT2D eigenvalue weighted by atomic mass is 10.1. The molecule has 0 amide bonds. The van der Waals surface area contributed by atoms with Crippen molar-refractivity contribution in [3.05, 3.63) is 0 Å². The number of alkyl halides is 1. The van der Waals surface area contributed by atoms with Crippen LogP contribution in [0.15, 0.2) is 0 Å². The summed E-state index contributed by atoms with van der Waals surface area (Å²) >= 11 is 2.39. The molecule has 14 heavy (non-hydrogen) atoms. The molecule has 0 bridgehead atoms. The van der Waals surface area contributed by atoms with Gasteiger partial charge in [0, 0.05) is 4.43 Å². The second-order valence-corrected chi connectivity index (χ2v) is 5.43. The summed E-state index contributed by atoms with van der Waals surface area (Å²) in [5.41, 5.74) is 0.0464. The van der Waals surface area contributed by atoms with Gasteiger partial charge in [0.1, 0.15) is 0 Å². The minimum Gasteiger partial charge on any atom is -0.372 e. The van der Waals surface area contributed by atoms with E-state index >= 15 is 0 Å². The van der Waals surface area contributed by atoms with E-state index in [-0.39, 0.29) is 5.60 Å². The molecule has 0 aromatic rings. The number of hydrogen-bond acceptors (Lipinski definition) is 1. The van der Waals surface area contributed by atoms with Gasteiger partial charge in [-0.2, -0.15) is 0 Å². The first kappa shape index (κ1) is 14.7. The highest BCUT2D eigenvalue weighted by molar-refractivity contribution is 14.1. The molecule has 1 nitrogen and oxygen atoms in total. The second-order valence-electron chi connectivity index (χ2n) is 4.67. The molecule has 1 unspecified atom stereocenters. The highest BCUT2D eigenvalue weighted by Crippen LogP contribution is 2.18. The molecule has 0 heterocycles. The Morgan fingerprint density at radius 2 is 1.86 bits per heavy atom. The first-order valence-corrected chi connectivity index (χ1v) is 7.28. The smallest absolute Gasteiger partial charge is 0.0719 e. The lowest BCUT2D eigenvalue weighted by molar-refractivity contribution is -0.0499. The summed E-state index contributed by atoms with van der Waals surface area (Å²) in [4.78, 5) is 0. The number of unbranched alkanes of at least 4 members (excludes halogenated alkanes) is 3. The van der Waals surface area contributed by atoms with Gasteiger partial charge in [-0.3, -0.25) is 0 Å². The molecule has 0 saturated carbocycles. The molecule has 2 heteroatoms. The Morgan fingerprint density at radius 3 is 2.36 bits per heavy atom. The summed E-state index contributed by atoms with van der Waals surface area (Å²) < 4.78 is 7.02. The Morgan fingerprint density at radius 1 is 1.21 bits per heavy atom. The first-order valence-electron chi connectivity index (χ1n) is 5.75. The fraction of sp³-hybridized carbons (Fsp3) is 1.00. The van der Waals surface area contributed by atoms with Crippen LogP contribution in [0.5, 0.6) is 0 Å². The van der Waals surface area contributed by atoms with Crippen molar-refractivity contribution in [3.63, 3.8) is 0 Å². The zero-order valence-electron chi connectivity index (χ0n) is 10.1. The van der Waals surface area contributed by atoms with Gasteiger partial charge in [-0.15, -0.1) is 0 Å². The van der Waals surface area contributed by atoms with Gasteiger partial charge in [0.25, 0.3) is 0 Å². The number of halogens is 1. The topological polar surface area (TPSA) is 9.23 Å². The van der Waals surface area contributed by atoms with E-state index in [0.29, 0.717) is 6.10 Å². The maximum Gasteiger partial charge on any atom is 0.0719 e. The van der Waals surface area contributed by atoms with Crippen molar-refractivity contribution in [2.75, 3.05) is 4.43 Å². The molecule has 0 aromatic carbocycles. The molecule has 0 aliphatic carbocycles. The third kappa shape index (κ3) is 8.04. The van der Waals surface area contributed by atoms with Gasteiger partial charge in [-0.1, -0.05) is 55.2 Å². The van der Waals surface area contributed by atoms with E-state index in [1.807, 2.05) is 0 Å². The predicted molar refractivity (Wildman–Crippen MR) is 72.3 cm³/mol.